The summed E-state index contributed by atoms with van der Waals surface area (Å²) >= 11 is 1.82. The third-order valence-corrected chi connectivity index (χ3v) is 12.6. The van der Waals surface area contributed by atoms with Gasteiger partial charge in [0.05, 0.1) is 20.6 Å². The second-order valence-electron chi connectivity index (χ2n) is 14.1. The molecule has 1 heterocycles. The van der Waals surface area contributed by atoms with Gasteiger partial charge < -0.3 is 0 Å². The molecule has 52 heavy (non-hydrogen) atoms. The highest BCUT2D eigenvalue weighted by Crippen LogP contribution is 2.63. The van der Waals surface area contributed by atoms with Crippen molar-refractivity contribution in [1.82, 2.24) is 4.98 Å². The molecule has 2 aliphatic carbocycles. The molecular weight excluding hydrogens is 647 g/mol. The van der Waals surface area contributed by atoms with Crippen LogP contribution in [0.4, 0.5) is 0 Å². The Balaban J connectivity index is 1.10. The van der Waals surface area contributed by atoms with Gasteiger partial charge in [-0.2, -0.15) is 0 Å². The van der Waals surface area contributed by atoms with Crippen molar-refractivity contribution in [2.45, 2.75) is 18.8 Å². The molecule has 1 nitrogen and oxygen atoms in total. The predicted molar refractivity (Wildman–Crippen MR) is 219 cm³/mol. The molecular formula is C50H33NS. The first-order valence-corrected chi connectivity index (χ1v) is 19.0. The highest BCUT2D eigenvalue weighted by molar-refractivity contribution is 7.18. The predicted octanol–water partition coefficient (Wildman–Crippen LogP) is 13.4. The van der Waals surface area contributed by atoms with Crippen molar-refractivity contribution >= 4 is 32.3 Å². The minimum absolute atomic E-state index is 0.362. The molecule has 244 valence electrons. The van der Waals surface area contributed by atoms with E-state index in [-0.39, 0.29) is 5.41 Å². The Morgan fingerprint density at radius 3 is 1.65 bits per heavy atom. The fourth-order valence-electron chi connectivity index (χ4n) is 9.19. The number of aryl methyl sites for hydroxylation is 1. The summed E-state index contributed by atoms with van der Waals surface area (Å²) in [6.07, 6.45) is 0.923. The van der Waals surface area contributed by atoms with Crippen LogP contribution in [0.15, 0.2) is 170 Å². The number of thiazole rings is 1. The lowest BCUT2D eigenvalue weighted by molar-refractivity contribution is 0.794. The molecule has 2 aliphatic rings. The number of rotatable bonds is 4. The van der Waals surface area contributed by atoms with E-state index in [1.165, 1.54) is 98.4 Å². The zero-order valence-corrected chi connectivity index (χ0v) is 29.5. The Morgan fingerprint density at radius 2 is 0.981 bits per heavy atom. The van der Waals surface area contributed by atoms with E-state index in [9.17, 15) is 0 Å². The minimum Gasteiger partial charge on any atom is -0.241 e. The van der Waals surface area contributed by atoms with Gasteiger partial charge in [0, 0.05) is 5.56 Å². The van der Waals surface area contributed by atoms with E-state index in [0.29, 0.717) is 0 Å². The van der Waals surface area contributed by atoms with Gasteiger partial charge >= 0.3 is 0 Å². The van der Waals surface area contributed by atoms with E-state index < -0.39 is 0 Å². The maximum atomic E-state index is 5.18. The number of nitrogens with zero attached hydrogens (tertiary/aromatic N) is 1. The van der Waals surface area contributed by atoms with Crippen LogP contribution in [0, 0.1) is 0 Å². The molecule has 0 bridgehead atoms. The molecule has 11 rings (SSSR count). The molecule has 1 aromatic heterocycles. The van der Waals surface area contributed by atoms with Gasteiger partial charge in [0.15, 0.2) is 0 Å². The van der Waals surface area contributed by atoms with Crippen molar-refractivity contribution in [1.29, 1.82) is 0 Å². The maximum Gasteiger partial charge on any atom is 0.0936 e. The molecule has 0 saturated heterocycles. The van der Waals surface area contributed by atoms with Gasteiger partial charge in [-0.15, -0.1) is 11.3 Å². The highest BCUT2D eigenvalue weighted by atomic mass is 32.1. The normalized spacial score (nSPS) is 13.3. The lowest BCUT2D eigenvalue weighted by atomic mass is 9.70. The second kappa shape index (κ2) is 11.2. The monoisotopic (exact) mass is 679 g/mol. The lowest BCUT2D eigenvalue weighted by Crippen LogP contribution is -2.25. The van der Waals surface area contributed by atoms with Gasteiger partial charge in [0.1, 0.15) is 0 Å². The summed E-state index contributed by atoms with van der Waals surface area (Å²) < 4.78 is 1.23. The van der Waals surface area contributed by atoms with Crippen molar-refractivity contribution in [3.8, 4) is 55.6 Å². The molecule has 0 radical (unpaired) electrons. The van der Waals surface area contributed by atoms with Crippen LogP contribution in [0.5, 0.6) is 0 Å². The van der Waals surface area contributed by atoms with E-state index in [1.807, 2.05) is 11.3 Å². The molecule has 8 aromatic carbocycles. The van der Waals surface area contributed by atoms with Crippen LogP contribution in [-0.2, 0) is 11.8 Å². The molecule has 0 unspecified atom stereocenters. The van der Waals surface area contributed by atoms with Crippen molar-refractivity contribution in [3.05, 3.63) is 197 Å². The summed E-state index contributed by atoms with van der Waals surface area (Å²) in [5.74, 6) is 0. The number of hydrogen-bond donors (Lipinski definition) is 0. The zero-order valence-electron chi connectivity index (χ0n) is 28.7. The standard InChI is InChI=1S/C50H33NS/c1-2-48-51-49-42(33-24-22-32(23-25-33)37-18-11-13-31-12-3-4-14-36(31)37)28-35(30-47(49)52-48)34-26-27-41-40-17-7-10-21-45(40)50(46(41)29-34)43-19-8-5-15-38(43)39-16-6-9-20-44(39)50/h3-30H,2H2,1H3. The first-order chi connectivity index (χ1) is 25.7. The van der Waals surface area contributed by atoms with Crippen LogP contribution in [-0.4, -0.2) is 4.98 Å². The minimum atomic E-state index is -0.362. The highest BCUT2D eigenvalue weighted by Gasteiger charge is 2.51. The molecule has 0 fully saturated rings. The summed E-state index contributed by atoms with van der Waals surface area (Å²) in [5, 5.41) is 3.71. The quantitative estimate of drug-likeness (QED) is 0.180. The van der Waals surface area contributed by atoms with E-state index in [4.69, 9.17) is 4.98 Å². The number of fused-ring (bicyclic) bond motifs is 12. The van der Waals surface area contributed by atoms with Crippen LogP contribution >= 0.6 is 11.3 Å². The van der Waals surface area contributed by atoms with E-state index in [0.717, 1.165) is 11.9 Å². The Labute approximate surface area is 307 Å². The van der Waals surface area contributed by atoms with Crippen molar-refractivity contribution in [2.75, 3.05) is 0 Å². The summed E-state index contributed by atoms with van der Waals surface area (Å²) in [7, 11) is 0. The van der Waals surface area contributed by atoms with E-state index in [2.05, 4.69) is 177 Å². The lowest BCUT2D eigenvalue weighted by Gasteiger charge is -2.30. The molecule has 0 aliphatic heterocycles. The van der Waals surface area contributed by atoms with Gasteiger partial charge in [-0.25, -0.2) is 4.98 Å². The molecule has 0 atom stereocenters. The Hall–Kier alpha value is -6.09. The second-order valence-corrected chi connectivity index (χ2v) is 15.2. The topological polar surface area (TPSA) is 12.9 Å². The number of aromatic nitrogens is 1. The fourth-order valence-corrected chi connectivity index (χ4v) is 10.2. The maximum absolute atomic E-state index is 5.18. The average molecular weight is 680 g/mol. The van der Waals surface area contributed by atoms with Crippen LogP contribution in [0.2, 0.25) is 0 Å². The molecule has 9 aromatic rings. The van der Waals surface area contributed by atoms with Gasteiger partial charge in [-0.3, -0.25) is 0 Å². The Morgan fingerprint density at radius 1 is 0.442 bits per heavy atom. The molecule has 0 amide bonds. The number of hydrogen-bond acceptors (Lipinski definition) is 2. The van der Waals surface area contributed by atoms with Gasteiger partial charge in [0.2, 0.25) is 0 Å². The Bertz CT molecular complexity index is 2820. The smallest absolute Gasteiger partial charge is 0.0936 e. The van der Waals surface area contributed by atoms with Gasteiger partial charge in [-0.1, -0.05) is 159 Å². The largest absolute Gasteiger partial charge is 0.241 e. The third-order valence-electron chi connectivity index (χ3n) is 11.5. The zero-order chi connectivity index (χ0) is 34.4. The van der Waals surface area contributed by atoms with Gasteiger partial charge in [-0.05, 0) is 108 Å². The molecule has 1 spiro atoms. The van der Waals surface area contributed by atoms with Crippen LogP contribution < -0.4 is 0 Å². The first kappa shape index (κ1) is 29.6. The third kappa shape index (κ3) is 4.07. The van der Waals surface area contributed by atoms with Gasteiger partial charge in [0.25, 0.3) is 0 Å². The van der Waals surface area contributed by atoms with E-state index in [1.54, 1.807) is 0 Å². The van der Waals surface area contributed by atoms with E-state index >= 15 is 0 Å². The van der Waals surface area contributed by atoms with Crippen molar-refractivity contribution < 1.29 is 0 Å². The average Bonchev–Trinajstić information content (AvgIpc) is 3.87. The SMILES string of the molecule is CCc1nc2c(-c3ccc(-c4cccc5ccccc45)cc3)cc(-c3ccc4c(c3)C3(c5ccccc5-c5ccccc53)c3ccccc3-4)cc2s1. The number of benzene rings is 8. The summed E-state index contributed by atoms with van der Waals surface area (Å²) in [6, 6.07) is 63.4. The molecule has 2 heteroatoms. The molecule has 0 saturated carbocycles. The van der Waals surface area contributed by atoms with Crippen molar-refractivity contribution in [2.24, 2.45) is 0 Å². The summed E-state index contributed by atoms with van der Waals surface area (Å²) in [4.78, 5) is 5.18. The fraction of sp³-hybridized carbons (Fsp3) is 0.0600. The van der Waals surface area contributed by atoms with Crippen LogP contribution in [0.3, 0.4) is 0 Å². The first-order valence-electron chi connectivity index (χ1n) is 18.2. The summed E-state index contributed by atoms with van der Waals surface area (Å²) in [6.45, 7) is 2.20. The Kier molecular flexibility index (Phi) is 6.38. The van der Waals surface area contributed by atoms with Crippen LogP contribution in [0.1, 0.15) is 34.2 Å². The summed E-state index contributed by atoms with van der Waals surface area (Å²) in [5.41, 5.74) is 18.8. The van der Waals surface area contributed by atoms with Crippen molar-refractivity contribution in [3.63, 3.8) is 0 Å². The molecule has 0 N–H and O–H groups in total. The van der Waals surface area contributed by atoms with Crippen LogP contribution in [0.25, 0.3) is 76.6 Å².